The Morgan fingerprint density at radius 2 is 1.61 bits per heavy atom. The number of hydrogen-bond donors (Lipinski definition) is 1. The normalized spacial score (nSPS) is 10.9. The molecule has 0 aliphatic rings. The van der Waals surface area contributed by atoms with Gasteiger partial charge in [0.05, 0.1) is 29.6 Å². The summed E-state index contributed by atoms with van der Waals surface area (Å²) >= 11 is 0. The highest BCUT2D eigenvalue weighted by Gasteiger charge is 2.16. The summed E-state index contributed by atoms with van der Waals surface area (Å²) in [4.78, 5) is 38.1. The van der Waals surface area contributed by atoms with Crippen LogP contribution < -0.4 is 16.6 Å². The second-order valence-electron chi connectivity index (χ2n) is 7.13. The van der Waals surface area contributed by atoms with Crippen LogP contribution in [0.2, 0.25) is 0 Å². The van der Waals surface area contributed by atoms with Gasteiger partial charge in [0.1, 0.15) is 5.82 Å². The molecular weight excluding hydrogens is 397 g/mol. The standard InChI is InChI=1S/C24H20FN3O3/c1-26-22(29)14-16-10-12-18(13-11-16)28-23(30)19-7-3-5-9-21(19)27(24(28)31)15-17-6-2-4-8-20(17)25/h2-13H,14-15H2,1H3,(H,26,29). The zero-order valence-corrected chi connectivity index (χ0v) is 16.8. The van der Waals surface area contributed by atoms with Crippen molar-refractivity contribution in [2.45, 2.75) is 13.0 Å². The number of fused-ring (bicyclic) bond motifs is 1. The minimum Gasteiger partial charge on any atom is -0.359 e. The number of benzene rings is 3. The van der Waals surface area contributed by atoms with Crippen LogP contribution in [0.4, 0.5) is 4.39 Å². The van der Waals surface area contributed by atoms with Crippen LogP contribution >= 0.6 is 0 Å². The van der Waals surface area contributed by atoms with Gasteiger partial charge in [-0.3, -0.25) is 14.2 Å². The number of hydrogen-bond acceptors (Lipinski definition) is 3. The van der Waals surface area contributed by atoms with Gasteiger partial charge in [-0.2, -0.15) is 0 Å². The summed E-state index contributed by atoms with van der Waals surface area (Å²) in [5.41, 5.74) is 0.900. The van der Waals surface area contributed by atoms with Crippen molar-refractivity contribution < 1.29 is 9.18 Å². The minimum absolute atomic E-state index is 0.0128. The fraction of sp³-hybridized carbons (Fsp3) is 0.125. The fourth-order valence-electron chi connectivity index (χ4n) is 3.54. The lowest BCUT2D eigenvalue weighted by molar-refractivity contribution is -0.119. The molecule has 0 atom stereocenters. The SMILES string of the molecule is CNC(=O)Cc1ccc(-n2c(=O)c3ccccc3n(Cc3ccccc3F)c2=O)cc1. The van der Waals surface area contributed by atoms with Crippen LogP contribution in [-0.4, -0.2) is 22.1 Å². The Morgan fingerprint density at radius 1 is 0.935 bits per heavy atom. The molecule has 0 spiro atoms. The monoisotopic (exact) mass is 417 g/mol. The first kappa shape index (κ1) is 20.3. The molecule has 0 saturated carbocycles. The smallest absolute Gasteiger partial charge is 0.336 e. The molecule has 0 saturated heterocycles. The van der Waals surface area contributed by atoms with E-state index in [1.807, 2.05) is 0 Å². The van der Waals surface area contributed by atoms with Crippen molar-refractivity contribution in [3.63, 3.8) is 0 Å². The Balaban J connectivity index is 1.89. The summed E-state index contributed by atoms with van der Waals surface area (Å²) in [6.07, 6.45) is 0.195. The minimum atomic E-state index is -0.564. The molecule has 0 radical (unpaired) electrons. The Kier molecular flexibility index (Phi) is 5.49. The first-order valence-electron chi connectivity index (χ1n) is 9.77. The molecule has 31 heavy (non-hydrogen) atoms. The number of carbonyl (C=O) groups excluding carboxylic acids is 1. The summed E-state index contributed by atoms with van der Waals surface area (Å²) in [6, 6.07) is 19.7. The molecule has 1 amide bonds. The van der Waals surface area contributed by atoms with Crippen LogP contribution in [0.3, 0.4) is 0 Å². The number of nitrogens with zero attached hydrogens (tertiary/aromatic N) is 2. The topological polar surface area (TPSA) is 73.1 Å². The fourth-order valence-corrected chi connectivity index (χ4v) is 3.54. The predicted molar refractivity (Wildman–Crippen MR) is 117 cm³/mol. The Labute approximate surface area is 177 Å². The molecule has 1 aromatic heterocycles. The van der Waals surface area contributed by atoms with E-state index in [-0.39, 0.29) is 18.9 Å². The Morgan fingerprint density at radius 3 is 2.32 bits per heavy atom. The molecule has 156 valence electrons. The molecule has 0 unspecified atom stereocenters. The van der Waals surface area contributed by atoms with E-state index in [0.717, 1.165) is 10.1 Å². The number of rotatable bonds is 5. The number of aromatic nitrogens is 2. The third-order valence-corrected chi connectivity index (χ3v) is 5.17. The van der Waals surface area contributed by atoms with Gasteiger partial charge in [-0.25, -0.2) is 13.8 Å². The van der Waals surface area contributed by atoms with Crippen LogP contribution in [0, 0.1) is 5.82 Å². The highest BCUT2D eigenvalue weighted by atomic mass is 19.1. The molecule has 0 fully saturated rings. The van der Waals surface area contributed by atoms with Gasteiger partial charge in [0.2, 0.25) is 5.91 Å². The van der Waals surface area contributed by atoms with Crippen molar-refractivity contribution >= 4 is 16.8 Å². The van der Waals surface area contributed by atoms with Crippen LogP contribution in [0.1, 0.15) is 11.1 Å². The van der Waals surface area contributed by atoms with Crippen molar-refractivity contribution in [2.24, 2.45) is 0 Å². The maximum atomic E-state index is 14.3. The lowest BCUT2D eigenvalue weighted by Gasteiger charge is -2.15. The second kappa shape index (κ2) is 8.39. The van der Waals surface area contributed by atoms with Crippen molar-refractivity contribution in [2.75, 3.05) is 7.05 Å². The van der Waals surface area contributed by atoms with Crippen molar-refractivity contribution in [1.82, 2.24) is 14.5 Å². The first-order valence-corrected chi connectivity index (χ1v) is 9.77. The van der Waals surface area contributed by atoms with E-state index >= 15 is 0 Å². The summed E-state index contributed by atoms with van der Waals surface area (Å²) in [7, 11) is 1.56. The van der Waals surface area contributed by atoms with Gasteiger partial charge in [0.25, 0.3) is 5.56 Å². The predicted octanol–water partition coefficient (Wildman–Crippen LogP) is 2.63. The summed E-state index contributed by atoms with van der Waals surface area (Å²) in [6.45, 7) is -0.0128. The van der Waals surface area contributed by atoms with Crippen LogP contribution in [-0.2, 0) is 17.8 Å². The van der Waals surface area contributed by atoms with Gasteiger partial charge in [-0.1, -0.05) is 42.5 Å². The second-order valence-corrected chi connectivity index (χ2v) is 7.13. The molecular formula is C24H20FN3O3. The maximum absolute atomic E-state index is 14.3. The lowest BCUT2D eigenvalue weighted by atomic mass is 10.1. The van der Waals surface area contributed by atoms with Crippen LogP contribution in [0.5, 0.6) is 0 Å². The number of para-hydroxylation sites is 1. The Bertz CT molecular complexity index is 1390. The average Bonchev–Trinajstić information content (AvgIpc) is 2.79. The number of likely N-dealkylation sites (N-methyl/N-ethyl adjacent to an activating group) is 1. The third-order valence-electron chi connectivity index (χ3n) is 5.17. The van der Waals surface area contributed by atoms with E-state index in [9.17, 15) is 18.8 Å². The maximum Gasteiger partial charge on any atom is 0.336 e. The van der Waals surface area contributed by atoms with E-state index in [4.69, 9.17) is 0 Å². The molecule has 3 aromatic carbocycles. The van der Waals surface area contributed by atoms with Gasteiger partial charge in [0, 0.05) is 12.6 Å². The molecule has 4 aromatic rings. The summed E-state index contributed by atoms with van der Waals surface area (Å²) < 4.78 is 16.7. The lowest BCUT2D eigenvalue weighted by Crippen LogP contribution is -2.39. The molecule has 0 aliphatic heterocycles. The van der Waals surface area contributed by atoms with Gasteiger partial charge < -0.3 is 5.32 Å². The third kappa shape index (κ3) is 3.90. The van der Waals surface area contributed by atoms with Gasteiger partial charge in [-0.05, 0) is 35.9 Å². The number of amides is 1. The molecule has 1 N–H and O–H groups in total. The summed E-state index contributed by atoms with van der Waals surface area (Å²) in [5, 5.41) is 2.91. The van der Waals surface area contributed by atoms with E-state index < -0.39 is 17.1 Å². The van der Waals surface area contributed by atoms with Gasteiger partial charge >= 0.3 is 5.69 Å². The van der Waals surface area contributed by atoms with E-state index in [2.05, 4.69) is 5.32 Å². The van der Waals surface area contributed by atoms with E-state index in [1.165, 1.54) is 10.6 Å². The molecule has 7 heteroatoms. The van der Waals surface area contributed by atoms with Crippen LogP contribution in [0.25, 0.3) is 16.6 Å². The first-order chi connectivity index (χ1) is 15.0. The zero-order valence-electron chi connectivity index (χ0n) is 16.8. The molecule has 0 bridgehead atoms. The van der Waals surface area contributed by atoms with E-state index in [0.29, 0.717) is 22.2 Å². The van der Waals surface area contributed by atoms with Crippen LogP contribution in [0.15, 0.2) is 82.4 Å². The zero-order chi connectivity index (χ0) is 22.0. The van der Waals surface area contributed by atoms with Crippen molar-refractivity contribution in [3.8, 4) is 5.69 Å². The number of nitrogens with one attached hydrogen (secondary N) is 1. The van der Waals surface area contributed by atoms with E-state index in [1.54, 1.807) is 73.8 Å². The number of carbonyl (C=O) groups is 1. The quantitative estimate of drug-likeness (QED) is 0.543. The molecule has 1 heterocycles. The molecule has 6 nitrogen and oxygen atoms in total. The highest BCUT2D eigenvalue weighted by Crippen LogP contribution is 2.14. The van der Waals surface area contributed by atoms with Gasteiger partial charge in [0.15, 0.2) is 0 Å². The number of halogens is 1. The highest BCUT2D eigenvalue weighted by molar-refractivity contribution is 5.79. The van der Waals surface area contributed by atoms with Crippen molar-refractivity contribution in [1.29, 1.82) is 0 Å². The largest absolute Gasteiger partial charge is 0.359 e. The Hall–Kier alpha value is -4.00. The molecule has 0 aliphatic carbocycles. The van der Waals surface area contributed by atoms with Crippen molar-refractivity contribution in [3.05, 3.63) is 111 Å². The molecule has 4 rings (SSSR count). The van der Waals surface area contributed by atoms with Gasteiger partial charge in [-0.15, -0.1) is 0 Å². The average molecular weight is 417 g/mol. The summed E-state index contributed by atoms with van der Waals surface area (Å²) in [5.74, 6) is -0.558.